The van der Waals surface area contributed by atoms with Crippen molar-refractivity contribution in [3.05, 3.63) is 0 Å². The van der Waals surface area contributed by atoms with Gasteiger partial charge in [-0.15, -0.1) is 0 Å². The molecule has 2 amide bonds. The van der Waals surface area contributed by atoms with Crippen LogP contribution >= 0.6 is 0 Å². The van der Waals surface area contributed by atoms with Crippen LogP contribution in [0.1, 0.15) is 65.7 Å². The second-order valence-electron chi connectivity index (χ2n) is 6.33. The van der Waals surface area contributed by atoms with Gasteiger partial charge in [-0.25, -0.2) is 0 Å². The molecule has 20 heavy (non-hydrogen) atoms. The minimum atomic E-state index is -0.676. The number of hydrogen-bond donors (Lipinski definition) is 1. The molecule has 2 aliphatic rings. The summed E-state index contributed by atoms with van der Waals surface area (Å²) in [5.74, 6) is 0.962. The monoisotopic (exact) mass is 280 g/mol. The average molecular weight is 280 g/mol. The van der Waals surface area contributed by atoms with E-state index in [4.69, 9.17) is 0 Å². The van der Waals surface area contributed by atoms with E-state index >= 15 is 0 Å². The predicted molar refractivity (Wildman–Crippen MR) is 79.2 cm³/mol. The van der Waals surface area contributed by atoms with E-state index < -0.39 is 5.54 Å². The Morgan fingerprint density at radius 1 is 1.25 bits per heavy atom. The van der Waals surface area contributed by atoms with Gasteiger partial charge in [0.2, 0.25) is 11.8 Å². The van der Waals surface area contributed by atoms with Crippen LogP contribution in [0.2, 0.25) is 0 Å². The lowest BCUT2D eigenvalue weighted by Gasteiger charge is -2.37. The first kappa shape index (κ1) is 15.3. The van der Waals surface area contributed by atoms with Crippen LogP contribution < -0.4 is 5.32 Å². The standard InChI is InChI=1S/C16H28N2O2/c1-4-13(11-12-7-8-12)18-10-9-14(19)17-16(5-2,6-3)15(18)20/h12-13H,4-11H2,1-3H3,(H,17,19). The van der Waals surface area contributed by atoms with Gasteiger partial charge in [0.05, 0.1) is 0 Å². The Morgan fingerprint density at radius 3 is 2.40 bits per heavy atom. The van der Waals surface area contributed by atoms with E-state index in [9.17, 15) is 9.59 Å². The van der Waals surface area contributed by atoms with Crippen LogP contribution in [0.4, 0.5) is 0 Å². The van der Waals surface area contributed by atoms with E-state index in [2.05, 4.69) is 12.2 Å². The zero-order valence-corrected chi connectivity index (χ0v) is 13.1. The summed E-state index contributed by atoms with van der Waals surface area (Å²) in [6.07, 6.45) is 6.49. The number of amides is 2. The van der Waals surface area contributed by atoms with Crippen molar-refractivity contribution in [1.29, 1.82) is 0 Å². The highest BCUT2D eigenvalue weighted by molar-refractivity contribution is 5.93. The molecule has 0 aromatic rings. The highest BCUT2D eigenvalue weighted by atomic mass is 16.2. The zero-order valence-electron chi connectivity index (χ0n) is 13.1. The van der Waals surface area contributed by atoms with Gasteiger partial charge in [0.25, 0.3) is 0 Å². The van der Waals surface area contributed by atoms with Gasteiger partial charge < -0.3 is 10.2 Å². The number of hydrogen-bond acceptors (Lipinski definition) is 2. The summed E-state index contributed by atoms with van der Waals surface area (Å²) in [5.41, 5.74) is -0.676. The molecule has 0 spiro atoms. The lowest BCUT2D eigenvalue weighted by atomic mass is 9.90. The summed E-state index contributed by atoms with van der Waals surface area (Å²) >= 11 is 0. The van der Waals surface area contributed by atoms with Gasteiger partial charge in [0, 0.05) is 19.0 Å². The fourth-order valence-corrected chi connectivity index (χ4v) is 3.31. The summed E-state index contributed by atoms with van der Waals surface area (Å²) in [4.78, 5) is 27.0. The summed E-state index contributed by atoms with van der Waals surface area (Å²) in [6, 6.07) is 0.306. The van der Waals surface area contributed by atoms with Crippen LogP contribution in [0.3, 0.4) is 0 Å². The van der Waals surface area contributed by atoms with Crippen molar-refractivity contribution in [2.45, 2.75) is 77.3 Å². The highest BCUT2D eigenvalue weighted by Crippen LogP contribution is 2.36. The Bertz CT molecular complexity index is 373. The van der Waals surface area contributed by atoms with Crippen molar-refractivity contribution in [2.75, 3.05) is 6.54 Å². The van der Waals surface area contributed by atoms with Crippen molar-refractivity contribution in [2.24, 2.45) is 5.92 Å². The molecule has 1 heterocycles. The molecule has 1 aliphatic heterocycles. The number of nitrogens with one attached hydrogen (secondary N) is 1. The van der Waals surface area contributed by atoms with Crippen LogP contribution in [0.15, 0.2) is 0 Å². The molecule has 2 rings (SSSR count). The van der Waals surface area contributed by atoms with Gasteiger partial charge in [0.1, 0.15) is 5.54 Å². The minimum Gasteiger partial charge on any atom is -0.342 e. The minimum absolute atomic E-state index is 0.0193. The smallest absolute Gasteiger partial charge is 0.248 e. The molecule has 1 N–H and O–H groups in total. The molecule has 1 saturated carbocycles. The lowest BCUT2D eigenvalue weighted by molar-refractivity contribution is -0.141. The maximum atomic E-state index is 13.0. The third kappa shape index (κ3) is 2.99. The Balaban J connectivity index is 2.21. The van der Waals surface area contributed by atoms with Crippen molar-refractivity contribution in [3.8, 4) is 0 Å². The summed E-state index contributed by atoms with van der Waals surface area (Å²) in [6.45, 7) is 6.72. The number of nitrogens with zero attached hydrogens (tertiary/aromatic N) is 1. The summed E-state index contributed by atoms with van der Waals surface area (Å²) < 4.78 is 0. The lowest BCUT2D eigenvalue weighted by Crippen LogP contribution is -2.58. The highest BCUT2D eigenvalue weighted by Gasteiger charge is 2.44. The van der Waals surface area contributed by atoms with Crippen LogP contribution in [0, 0.1) is 5.92 Å². The van der Waals surface area contributed by atoms with Crippen molar-refractivity contribution >= 4 is 11.8 Å². The molecule has 0 bridgehead atoms. The first-order chi connectivity index (χ1) is 9.56. The molecule has 1 unspecified atom stereocenters. The Morgan fingerprint density at radius 2 is 1.90 bits per heavy atom. The normalized spacial score (nSPS) is 24.2. The second kappa shape index (κ2) is 6.15. The van der Waals surface area contributed by atoms with Gasteiger partial charge in [-0.1, -0.05) is 33.6 Å². The predicted octanol–water partition coefficient (Wildman–Crippen LogP) is 2.47. The molecule has 2 fully saturated rings. The van der Waals surface area contributed by atoms with Gasteiger partial charge in [-0.05, 0) is 31.6 Å². The largest absolute Gasteiger partial charge is 0.342 e. The SMILES string of the molecule is CCC(CC1CC1)N1CCC(=O)NC(CC)(CC)C1=O. The van der Waals surface area contributed by atoms with Gasteiger partial charge in [-0.3, -0.25) is 9.59 Å². The van der Waals surface area contributed by atoms with Crippen molar-refractivity contribution in [1.82, 2.24) is 10.2 Å². The molecule has 0 aromatic carbocycles. The third-order valence-corrected chi connectivity index (χ3v) is 5.05. The first-order valence-corrected chi connectivity index (χ1v) is 8.18. The number of carbonyl (C=O) groups excluding carboxylic acids is 2. The van der Waals surface area contributed by atoms with Crippen molar-refractivity contribution < 1.29 is 9.59 Å². The topological polar surface area (TPSA) is 49.4 Å². The van der Waals surface area contributed by atoms with Gasteiger partial charge >= 0.3 is 0 Å². The van der Waals surface area contributed by atoms with Gasteiger partial charge in [-0.2, -0.15) is 0 Å². The Kier molecular flexibility index (Phi) is 4.71. The van der Waals surface area contributed by atoms with E-state index in [1.165, 1.54) is 12.8 Å². The van der Waals surface area contributed by atoms with E-state index in [0.29, 0.717) is 31.8 Å². The molecule has 1 saturated heterocycles. The Hall–Kier alpha value is -1.06. The maximum absolute atomic E-state index is 13.0. The van der Waals surface area contributed by atoms with Crippen LogP contribution in [0.25, 0.3) is 0 Å². The molecule has 4 heteroatoms. The molecule has 0 radical (unpaired) electrons. The zero-order chi connectivity index (χ0) is 14.8. The molecule has 114 valence electrons. The second-order valence-corrected chi connectivity index (χ2v) is 6.33. The van der Waals surface area contributed by atoms with E-state index in [1.807, 2.05) is 18.7 Å². The third-order valence-electron chi connectivity index (χ3n) is 5.05. The summed E-state index contributed by atoms with van der Waals surface area (Å²) in [5, 5.41) is 2.99. The average Bonchev–Trinajstić information content (AvgIpc) is 3.27. The van der Waals surface area contributed by atoms with Crippen LogP contribution in [-0.4, -0.2) is 34.8 Å². The molecular weight excluding hydrogens is 252 g/mol. The first-order valence-electron chi connectivity index (χ1n) is 8.18. The molecule has 4 nitrogen and oxygen atoms in total. The fraction of sp³-hybridized carbons (Fsp3) is 0.875. The summed E-state index contributed by atoms with van der Waals surface area (Å²) in [7, 11) is 0. The van der Waals surface area contributed by atoms with E-state index in [1.54, 1.807) is 0 Å². The maximum Gasteiger partial charge on any atom is 0.248 e. The van der Waals surface area contributed by atoms with Crippen molar-refractivity contribution in [3.63, 3.8) is 0 Å². The van der Waals surface area contributed by atoms with E-state index in [-0.39, 0.29) is 11.8 Å². The van der Waals surface area contributed by atoms with Gasteiger partial charge in [0.15, 0.2) is 0 Å². The molecule has 1 atom stereocenters. The Labute approximate surface area is 122 Å². The quantitative estimate of drug-likeness (QED) is 0.812. The number of rotatable bonds is 6. The molecule has 0 aromatic heterocycles. The molecule has 1 aliphatic carbocycles. The van der Waals surface area contributed by atoms with Crippen LogP contribution in [0.5, 0.6) is 0 Å². The van der Waals surface area contributed by atoms with E-state index in [0.717, 1.165) is 18.8 Å². The van der Waals surface area contributed by atoms with Crippen LogP contribution in [-0.2, 0) is 9.59 Å². The fourth-order valence-electron chi connectivity index (χ4n) is 3.31. The number of carbonyl (C=O) groups is 2. The molecular formula is C16H28N2O2.